The molecule has 0 spiro atoms. The molecule has 2 aromatic rings. The Morgan fingerprint density at radius 1 is 1.08 bits per heavy atom. The second-order valence-corrected chi connectivity index (χ2v) is 8.66. The van der Waals surface area contributed by atoms with Gasteiger partial charge in [-0.2, -0.15) is 4.31 Å². The molecule has 138 valence electrons. The van der Waals surface area contributed by atoms with Gasteiger partial charge in [0.2, 0.25) is 15.9 Å². The summed E-state index contributed by atoms with van der Waals surface area (Å²) in [5.41, 5.74) is 3.26. The fourth-order valence-electron chi connectivity index (χ4n) is 3.38. The molecule has 0 aromatic heterocycles. The molecule has 1 aliphatic heterocycles. The lowest BCUT2D eigenvalue weighted by Crippen LogP contribution is -2.45. The molecule has 1 unspecified atom stereocenters. The highest BCUT2D eigenvalue weighted by Crippen LogP contribution is 2.24. The topological polar surface area (TPSA) is 57.7 Å². The zero-order chi connectivity index (χ0) is 18.7. The van der Waals surface area contributed by atoms with Crippen molar-refractivity contribution in [2.75, 3.05) is 19.3 Å². The summed E-state index contributed by atoms with van der Waals surface area (Å²) < 4.78 is 25.9. The Kier molecular flexibility index (Phi) is 5.44. The molecule has 0 fully saturated rings. The van der Waals surface area contributed by atoms with Crippen molar-refractivity contribution in [3.05, 3.63) is 71.3 Å². The fraction of sp³-hybridized carbons (Fsp3) is 0.350. The lowest BCUT2D eigenvalue weighted by atomic mass is 10.00. The molecule has 1 atom stereocenters. The highest BCUT2D eigenvalue weighted by molar-refractivity contribution is 7.88. The summed E-state index contributed by atoms with van der Waals surface area (Å²) >= 11 is 0. The van der Waals surface area contributed by atoms with Crippen LogP contribution in [0.5, 0.6) is 0 Å². The lowest BCUT2D eigenvalue weighted by Gasteiger charge is -2.32. The third-order valence-electron chi connectivity index (χ3n) is 4.91. The molecule has 2 aromatic carbocycles. The maximum absolute atomic E-state index is 12.8. The SMILES string of the molecule is CC(c1ccccc1)N(CC(=O)N1CCc2ccccc2C1)S(C)(=O)=O. The second kappa shape index (κ2) is 7.60. The van der Waals surface area contributed by atoms with Crippen molar-refractivity contribution in [1.29, 1.82) is 0 Å². The van der Waals surface area contributed by atoms with Gasteiger partial charge < -0.3 is 4.90 Å². The van der Waals surface area contributed by atoms with E-state index in [4.69, 9.17) is 0 Å². The molecule has 5 nitrogen and oxygen atoms in total. The van der Waals surface area contributed by atoms with E-state index in [1.807, 2.05) is 55.5 Å². The van der Waals surface area contributed by atoms with Crippen LogP contribution in [0.4, 0.5) is 0 Å². The summed E-state index contributed by atoms with van der Waals surface area (Å²) in [6, 6.07) is 17.1. The van der Waals surface area contributed by atoms with Crippen molar-refractivity contribution in [1.82, 2.24) is 9.21 Å². The summed E-state index contributed by atoms with van der Waals surface area (Å²) in [5, 5.41) is 0. The van der Waals surface area contributed by atoms with Gasteiger partial charge in [-0.05, 0) is 30.0 Å². The van der Waals surface area contributed by atoms with Crippen molar-refractivity contribution in [3.8, 4) is 0 Å². The molecule has 0 radical (unpaired) electrons. The number of carbonyl (C=O) groups excluding carboxylic acids is 1. The number of rotatable bonds is 5. The van der Waals surface area contributed by atoms with Gasteiger partial charge in [0.15, 0.2) is 0 Å². The average molecular weight is 372 g/mol. The third-order valence-corrected chi connectivity index (χ3v) is 6.21. The number of hydrogen-bond acceptors (Lipinski definition) is 3. The van der Waals surface area contributed by atoms with Gasteiger partial charge >= 0.3 is 0 Å². The van der Waals surface area contributed by atoms with Crippen LogP contribution >= 0.6 is 0 Å². The van der Waals surface area contributed by atoms with Gasteiger partial charge in [0.1, 0.15) is 0 Å². The molecule has 1 amide bonds. The Morgan fingerprint density at radius 3 is 2.35 bits per heavy atom. The molecule has 1 heterocycles. The van der Waals surface area contributed by atoms with E-state index in [2.05, 4.69) is 6.07 Å². The van der Waals surface area contributed by atoms with Gasteiger partial charge in [-0.15, -0.1) is 0 Å². The number of fused-ring (bicyclic) bond motifs is 1. The molecule has 3 rings (SSSR count). The molecule has 0 bridgehead atoms. The molecule has 26 heavy (non-hydrogen) atoms. The zero-order valence-electron chi connectivity index (χ0n) is 15.1. The zero-order valence-corrected chi connectivity index (χ0v) is 15.9. The van der Waals surface area contributed by atoms with Gasteiger partial charge in [0.05, 0.1) is 12.8 Å². The Labute approximate surface area is 155 Å². The lowest BCUT2D eigenvalue weighted by molar-refractivity contribution is -0.132. The van der Waals surface area contributed by atoms with Crippen molar-refractivity contribution in [2.24, 2.45) is 0 Å². The first-order valence-corrected chi connectivity index (χ1v) is 10.6. The van der Waals surface area contributed by atoms with E-state index in [-0.39, 0.29) is 12.5 Å². The van der Waals surface area contributed by atoms with Crippen LogP contribution < -0.4 is 0 Å². The first-order chi connectivity index (χ1) is 12.4. The normalized spacial score (nSPS) is 15.6. The molecule has 0 saturated carbocycles. The first kappa shape index (κ1) is 18.6. The highest BCUT2D eigenvalue weighted by Gasteiger charge is 2.30. The Hall–Kier alpha value is -2.18. The fourth-order valence-corrected chi connectivity index (χ4v) is 4.42. The van der Waals surface area contributed by atoms with Crippen LogP contribution in [0, 0.1) is 0 Å². The van der Waals surface area contributed by atoms with E-state index >= 15 is 0 Å². The van der Waals surface area contributed by atoms with E-state index in [1.54, 1.807) is 4.90 Å². The largest absolute Gasteiger partial charge is 0.337 e. The molecule has 0 N–H and O–H groups in total. The summed E-state index contributed by atoms with van der Waals surface area (Å²) in [6.07, 6.45) is 1.96. The third kappa shape index (κ3) is 4.14. The maximum atomic E-state index is 12.8. The van der Waals surface area contributed by atoms with Crippen LogP contribution in [-0.4, -0.2) is 42.9 Å². The van der Waals surface area contributed by atoms with Gasteiger partial charge in [0, 0.05) is 19.1 Å². The van der Waals surface area contributed by atoms with E-state index in [0.29, 0.717) is 13.1 Å². The highest BCUT2D eigenvalue weighted by atomic mass is 32.2. The smallest absolute Gasteiger partial charge is 0.238 e. The predicted octanol–water partition coefficient (Wildman–Crippen LogP) is 2.59. The molecule has 6 heteroatoms. The van der Waals surface area contributed by atoms with E-state index in [0.717, 1.165) is 23.8 Å². The summed E-state index contributed by atoms with van der Waals surface area (Å²) in [7, 11) is -3.52. The minimum Gasteiger partial charge on any atom is -0.337 e. The van der Waals surface area contributed by atoms with Crippen LogP contribution in [0.25, 0.3) is 0 Å². The molecule has 1 aliphatic rings. The van der Waals surface area contributed by atoms with Gasteiger partial charge in [-0.1, -0.05) is 54.6 Å². The van der Waals surface area contributed by atoms with E-state index in [9.17, 15) is 13.2 Å². The van der Waals surface area contributed by atoms with Gasteiger partial charge in [-0.3, -0.25) is 4.79 Å². The molecule has 0 saturated heterocycles. The predicted molar refractivity (Wildman–Crippen MR) is 102 cm³/mol. The van der Waals surface area contributed by atoms with E-state index < -0.39 is 16.1 Å². The number of hydrogen-bond donors (Lipinski definition) is 0. The van der Waals surface area contributed by atoms with Crippen molar-refractivity contribution in [3.63, 3.8) is 0 Å². The molecular weight excluding hydrogens is 348 g/mol. The van der Waals surface area contributed by atoms with Crippen molar-refractivity contribution in [2.45, 2.75) is 25.9 Å². The molecule has 0 aliphatic carbocycles. The Balaban J connectivity index is 1.77. The van der Waals surface area contributed by atoms with E-state index in [1.165, 1.54) is 9.87 Å². The summed E-state index contributed by atoms with van der Waals surface area (Å²) in [6.45, 7) is 2.83. The number of amides is 1. The molecular formula is C20H24N2O3S. The summed E-state index contributed by atoms with van der Waals surface area (Å²) in [4.78, 5) is 14.6. The van der Waals surface area contributed by atoms with Gasteiger partial charge in [-0.25, -0.2) is 8.42 Å². The van der Waals surface area contributed by atoms with Crippen molar-refractivity contribution < 1.29 is 13.2 Å². The first-order valence-electron chi connectivity index (χ1n) is 8.72. The monoisotopic (exact) mass is 372 g/mol. The Morgan fingerprint density at radius 2 is 1.69 bits per heavy atom. The maximum Gasteiger partial charge on any atom is 0.238 e. The van der Waals surface area contributed by atoms with Gasteiger partial charge in [0.25, 0.3) is 0 Å². The van der Waals surface area contributed by atoms with Crippen LogP contribution in [0.2, 0.25) is 0 Å². The number of carbonyl (C=O) groups is 1. The van der Waals surface area contributed by atoms with Crippen LogP contribution in [-0.2, 0) is 27.8 Å². The standard InChI is InChI=1S/C20H24N2O3S/c1-16(17-8-4-3-5-9-17)22(26(2,24)25)15-20(23)21-13-12-18-10-6-7-11-19(18)14-21/h3-11,16H,12-15H2,1-2H3. The average Bonchev–Trinajstić information content (AvgIpc) is 2.64. The van der Waals surface area contributed by atoms with Crippen molar-refractivity contribution >= 4 is 15.9 Å². The van der Waals surface area contributed by atoms with Crippen LogP contribution in [0.3, 0.4) is 0 Å². The number of benzene rings is 2. The quantitative estimate of drug-likeness (QED) is 0.811. The number of sulfonamides is 1. The van der Waals surface area contributed by atoms with Crippen LogP contribution in [0.1, 0.15) is 29.7 Å². The summed E-state index contributed by atoms with van der Waals surface area (Å²) in [5.74, 6) is -0.160. The second-order valence-electron chi connectivity index (χ2n) is 6.73. The minimum absolute atomic E-state index is 0.142. The Bertz CT molecular complexity index is 881. The van der Waals surface area contributed by atoms with Crippen LogP contribution in [0.15, 0.2) is 54.6 Å². The minimum atomic E-state index is -3.52. The number of nitrogens with zero attached hydrogens (tertiary/aromatic N) is 2.